The van der Waals surface area contributed by atoms with Gasteiger partial charge in [-0.3, -0.25) is 0 Å². The third kappa shape index (κ3) is 3.28. The first-order chi connectivity index (χ1) is 12.8. The molecule has 4 rings (SSSR count). The fourth-order valence-corrected chi connectivity index (χ4v) is 4.61. The third-order valence-corrected chi connectivity index (χ3v) is 6.02. The third-order valence-electron chi connectivity index (χ3n) is 4.69. The van der Waals surface area contributed by atoms with Crippen LogP contribution in [-0.4, -0.2) is 0 Å². The van der Waals surface area contributed by atoms with Gasteiger partial charge in [-0.05, 0) is 44.0 Å². The number of thiophene rings is 1. The Balaban J connectivity index is 1.82. The highest BCUT2D eigenvalue weighted by molar-refractivity contribution is 7.16. The molecule has 26 heavy (non-hydrogen) atoms. The molecule has 2 heterocycles. The average molecular weight is 359 g/mol. The van der Waals surface area contributed by atoms with E-state index in [0.717, 1.165) is 17.7 Å². The van der Waals surface area contributed by atoms with Crippen molar-refractivity contribution in [2.75, 3.05) is 0 Å². The van der Waals surface area contributed by atoms with Crippen molar-refractivity contribution < 1.29 is 4.74 Å². The maximum atomic E-state index is 6.05. The summed E-state index contributed by atoms with van der Waals surface area (Å²) in [7, 11) is 0. The Hall–Kier alpha value is -2.50. The molecule has 0 N–H and O–H groups in total. The minimum atomic E-state index is 0.618. The van der Waals surface area contributed by atoms with E-state index in [1.807, 2.05) is 29.5 Å². The summed E-state index contributed by atoms with van der Waals surface area (Å²) in [5.41, 5.74) is 6.00. The van der Waals surface area contributed by atoms with Crippen LogP contribution in [0.2, 0.25) is 0 Å². The normalized spacial score (nSPS) is 11.8. The van der Waals surface area contributed by atoms with Crippen molar-refractivity contribution in [3.63, 3.8) is 0 Å². The molecular weight excluding hydrogens is 336 g/mol. The average Bonchev–Trinajstić information content (AvgIpc) is 3.03. The Bertz CT molecular complexity index is 986. The molecule has 1 aromatic heterocycles. The predicted octanol–water partition coefficient (Wildman–Crippen LogP) is 6.36. The molecule has 0 amide bonds. The minimum absolute atomic E-state index is 0.618. The van der Waals surface area contributed by atoms with Crippen LogP contribution < -0.4 is 4.74 Å². The number of benzene rings is 2. The van der Waals surface area contributed by atoms with E-state index in [9.17, 15) is 0 Å². The number of aryl methyl sites for hydroxylation is 2. The van der Waals surface area contributed by atoms with Crippen LogP contribution in [0, 0.1) is 18.8 Å². The molecule has 1 aliphatic heterocycles. The van der Waals surface area contributed by atoms with Gasteiger partial charge in [0.25, 0.3) is 0 Å². The van der Waals surface area contributed by atoms with Crippen LogP contribution in [0.15, 0.2) is 48.5 Å². The molecule has 0 unspecified atom stereocenters. The molecule has 0 spiro atoms. The van der Waals surface area contributed by atoms with Crippen LogP contribution >= 0.6 is 11.3 Å². The Morgan fingerprint density at radius 3 is 2.73 bits per heavy atom. The molecule has 0 saturated carbocycles. The van der Waals surface area contributed by atoms with Crippen LogP contribution in [-0.2, 0) is 13.0 Å². The lowest BCUT2D eigenvalue weighted by Crippen LogP contribution is -2.05. The number of rotatable bonds is 3. The van der Waals surface area contributed by atoms with Crippen LogP contribution in [0.5, 0.6) is 5.75 Å². The molecule has 130 valence electrons. The van der Waals surface area contributed by atoms with Gasteiger partial charge in [0.05, 0.1) is 0 Å². The number of hydrogen-bond donors (Lipinski definition) is 0. The lowest BCUT2D eigenvalue weighted by atomic mass is 9.99. The molecule has 2 heteroatoms. The zero-order chi connectivity index (χ0) is 17.9. The maximum Gasteiger partial charge on any atom is 0.128 e. The second kappa shape index (κ2) is 7.40. The summed E-state index contributed by atoms with van der Waals surface area (Å²) in [4.78, 5) is 2.75. The van der Waals surface area contributed by atoms with Crippen LogP contribution in [0.25, 0.3) is 10.4 Å². The van der Waals surface area contributed by atoms with E-state index in [4.69, 9.17) is 4.74 Å². The number of unbranched alkanes of at least 4 members (excludes halogenated alkanes) is 1. The molecule has 3 aromatic rings. The van der Waals surface area contributed by atoms with E-state index in [2.05, 4.69) is 56.0 Å². The lowest BCUT2D eigenvalue weighted by molar-refractivity contribution is 0.303. The topological polar surface area (TPSA) is 9.23 Å². The van der Waals surface area contributed by atoms with Crippen molar-refractivity contribution in [3.05, 3.63) is 75.7 Å². The zero-order valence-corrected chi connectivity index (χ0v) is 16.1. The second-order valence-electron chi connectivity index (χ2n) is 6.72. The van der Waals surface area contributed by atoms with Gasteiger partial charge in [-0.1, -0.05) is 55.0 Å². The molecule has 2 aromatic carbocycles. The molecule has 1 nitrogen and oxygen atoms in total. The van der Waals surface area contributed by atoms with E-state index in [1.54, 1.807) is 0 Å². The summed E-state index contributed by atoms with van der Waals surface area (Å²) in [6.45, 7) is 4.99. The summed E-state index contributed by atoms with van der Waals surface area (Å²) in [5.74, 6) is 7.82. The van der Waals surface area contributed by atoms with Gasteiger partial charge >= 0.3 is 0 Å². The Kier molecular flexibility index (Phi) is 4.82. The summed E-state index contributed by atoms with van der Waals surface area (Å²) < 4.78 is 6.05. The van der Waals surface area contributed by atoms with Gasteiger partial charge in [0.2, 0.25) is 0 Å². The summed E-state index contributed by atoms with van der Waals surface area (Å²) in [6, 6.07) is 16.7. The van der Waals surface area contributed by atoms with Crippen LogP contribution in [0.3, 0.4) is 0 Å². The van der Waals surface area contributed by atoms with Crippen molar-refractivity contribution in [2.45, 2.75) is 39.7 Å². The quantitative estimate of drug-likeness (QED) is 0.495. The highest BCUT2D eigenvalue weighted by Gasteiger charge is 2.24. The molecule has 0 atom stereocenters. The first-order valence-electron chi connectivity index (χ1n) is 9.21. The molecule has 0 radical (unpaired) electrons. The van der Waals surface area contributed by atoms with Crippen molar-refractivity contribution in [1.29, 1.82) is 0 Å². The Labute approximate surface area is 159 Å². The zero-order valence-electron chi connectivity index (χ0n) is 15.3. The highest BCUT2D eigenvalue weighted by Crippen LogP contribution is 2.45. The van der Waals surface area contributed by atoms with Gasteiger partial charge in [0, 0.05) is 32.0 Å². The summed E-state index contributed by atoms with van der Waals surface area (Å²) in [6.07, 6.45) is 3.48. The largest absolute Gasteiger partial charge is 0.488 e. The van der Waals surface area contributed by atoms with Gasteiger partial charge < -0.3 is 4.74 Å². The molecular formula is C24H22OS. The van der Waals surface area contributed by atoms with Gasteiger partial charge in [-0.2, -0.15) is 0 Å². The molecule has 0 aliphatic carbocycles. The van der Waals surface area contributed by atoms with Gasteiger partial charge in [0.15, 0.2) is 0 Å². The lowest BCUT2D eigenvalue weighted by Gasteiger charge is -2.18. The van der Waals surface area contributed by atoms with Crippen molar-refractivity contribution in [2.24, 2.45) is 0 Å². The number of hydrogen-bond acceptors (Lipinski definition) is 2. The van der Waals surface area contributed by atoms with Crippen molar-refractivity contribution >= 4 is 11.3 Å². The van der Waals surface area contributed by atoms with Gasteiger partial charge in [-0.25, -0.2) is 0 Å². The number of ether oxygens (including phenoxy) is 1. The van der Waals surface area contributed by atoms with Crippen LogP contribution in [0.4, 0.5) is 0 Å². The predicted molar refractivity (Wildman–Crippen MR) is 110 cm³/mol. The molecule has 0 fully saturated rings. The van der Waals surface area contributed by atoms with E-state index in [1.165, 1.54) is 44.8 Å². The molecule has 0 bridgehead atoms. The standard InChI is InChI=1S/C24H22OS/c1-3-4-10-23-19(13-12-18-8-6-5-7-9-18)21-16-25-22-14-11-17(2)15-20(22)24(21)26-23/h5-9,11,14-15H,3-4,10,16H2,1-2H3. The smallest absolute Gasteiger partial charge is 0.128 e. The Morgan fingerprint density at radius 1 is 1.08 bits per heavy atom. The SMILES string of the molecule is CCCCc1sc2c(c1C#Cc1ccccc1)COc1ccc(C)cc1-2. The second-order valence-corrected chi connectivity index (χ2v) is 7.82. The van der Waals surface area contributed by atoms with Gasteiger partial charge in [0.1, 0.15) is 12.4 Å². The first kappa shape index (κ1) is 16.9. The van der Waals surface area contributed by atoms with Crippen molar-refractivity contribution in [3.8, 4) is 28.0 Å². The molecule has 1 aliphatic rings. The van der Waals surface area contributed by atoms with Crippen molar-refractivity contribution in [1.82, 2.24) is 0 Å². The first-order valence-corrected chi connectivity index (χ1v) is 10.0. The maximum absolute atomic E-state index is 6.05. The fraction of sp³-hybridized carbons (Fsp3) is 0.250. The molecule has 0 saturated heterocycles. The minimum Gasteiger partial charge on any atom is -0.488 e. The van der Waals surface area contributed by atoms with Gasteiger partial charge in [-0.15, -0.1) is 11.3 Å². The van der Waals surface area contributed by atoms with E-state index in [-0.39, 0.29) is 0 Å². The fourth-order valence-electron chi connectivity index (χ4n) is 3.28. The monoisotopic (exact) mass is 358 g/mol. The van der Waals surface area contributed by atoms with Crippen LogP contribution in [0.1, 0.15) is 46.9 Å². The Morgan fingerprint density at radius 2 is 1.92 bits per heavy atom. The van der Waals surface area contributed by atoms with E-state index >= 15 is 0 Å². The van der Waals surface area contributed by atoms with E-state index in [0.29, 0.717) is 6.61 Å². The summed E-state index contributed by atoms with van der Waals surface area (Å²) >= 11 is 1.91. The number of fused-ring (bicyclic) bond motifs is 3. The van der Waals surface area contributed by atoms with E-state index < -0.39 is 0 Å². The highest BCUT2D eigenvalue weighted by atomic mass is 32.1. The summed E-state index contributed by atoms with van der Waals surface area (Å²) in [5, 5.41) is 0.